The third-order valence-electron chi connectivity index (χ3n) is 4.43. The summed E-state index contributed by atoms with van der Waals surface area (Å²) in [5.74, 6) is 0. The lowest BCUT2D eigenvalue weighted by atomic mass is 10.0. The number of hydrogen-bond acceptors (Lipinski definition) is 2. The van der Waals surface area contributed by atoms with E-state index < -0.39 is 0 Å². The molecule has 3 rings (SSSR count). The highest BCUT2D eigenvalue weighted by Gasteiger charge is 2.24. The number of aromatic nitrogens is 2. The minimum Gasteiger partial charge on any atom is -0.353 e. The van der Waals surface area contributed by atoms with Gasteiger partial charge in [-0.3, -0.25) is 9.88 Å². The van der Waals surface area contributed by atoms with Crippen LogP contribution >= 0.6 is 0 Å². The van der Waals surface area contributed by atoms with Gasteiger partial charge in [-0.15, -0.1) is 0 Å². The Hall–Kier alpha value is -1.61. The predicted molar refractivity (Wildman–Crippen MR) is 81.4 cm³/mol. The summed E-state index contributed by atoms with van der Waals surface area (Å²) >= 11 is 0. The number of aryl methyl sites for hydroxylation is 2. The second-order valence-electron chi connectivity index (χ2n) is 5.77. The first-order valence-electron chi connectivity index (χ1n) is 7.56. The highest BCUT2D eigenvalue weighted by Crippen LogP contribution is 2.23. The van der Waals surface area contributed by atoms with E-state index in [1.54, 1.807) is 0 Å². The molecule has 0 bridgehead atoms. The van der Waals surface area contributed by atoms with Crippen molar-refractivity contribution in [3.8, 4) is 0 Å². The van der Waals surface area contributed by atoms with E-state index in [1.165, 1.54) is 37.1 Å². The molecule has 1 aliphatic heterocycles. The van der Waals surface area contributed by atoms with Gasteiger partial charge in [-0.25, -0.2) is 0 Å². The molecule has 2 aromatic rings. The third-order valence-corrected chi connectivity index (χ3v) is 4.43. The van der Waals surface area contributed by atoms with Gasteiger partial charge in [0.15, 0.2) is 0 Å². The quantitative estimate of drug-likeness (QED) is 0.832. The van der Waals surface area contributed by atoms with E-state index in [9.17, 15) is 0 Å². The van der Waals surface area contributed by atoms with Crippen LogP contribution in [0.4, 0.5) is 0 Å². The summed E-state index contributed by atoms with van der Waals surface area (Å²) in [5, 5.41) is 0. The van der Waals surface area contributed by atoms with Crippen molar-refractivity contribution in [3.63, 3.8) is 0 Å². The summed E-state index contributed by atoms with van der Waals surface area (Å²) in [4.78, 5) is 6.74. The van der Waals surface area contributed by atoms with Crippen LogP contribution in [0.25, 0.3) is 0 Å². The lowest BCUT2D eigenvalue weighted by molar-refractivity contribution is 0.230. The third kappa shape index (κ3) is 3.10. The van der Waals surface area contributed by atoms with Crippen LogP contribution in [0.3, 0.4) is 0 Å². The zero-order valence-corrected chi connectivity index (χ0v) is 12.2. The Morgan fingerprint density at radius 3 is 2.85 bits per heavy atom. The smallest absolute Gasteiger partial charge is 0.0389 e. The standard InChI is InChI=1S/C17H23N3/c1-19-12-2-5-17(19)14-20-13-3-4-16(20)7-6-15-8-10-18-11-9-15/h2,5,8-12,16H,3-4,6-7,13-14H2,1H3. The number of nitrogens with zero attached hydrogens (tertiary/aromatic N) is 3. The largest absolute Gasteiger partial charge is 0.353 e. The fourth-order valence-electron chi connectivity index (χ4n) is 3.18. The van der Waals surface area contributed by atoms with E-state index in [0.717, 1.165) is 19.0 Å². The lowest BCUT2D eigenvalue weighted by Crippen LogP contribution is -2.30. The van der Waals surface area contributed by atoms with Crippen LogP contribution in [0.15, 0.2) is 42.9 Å². The molecule has 1 atom stereocenters. The molecule has 0 N–H and O–H groups in total. The predicted octanol–water partition coefficient (Wildman–Crippen LogP) is 3.02. The van der Waals surface area contributed by atoms with Gasteiger partial charge in [0.2, 0.25) is 0 Å². The number of rotatable bonds is 5. The molecule has 1 saturated heterocycles. The van der Waals surface area contributed by atoms with Crippen molar-refractivity contribution in [1.82, 2.24) is 14.5 Å². The molecule has 3 nitrogen and oxygen atoms in total. The maximum Gasteiger partial charge on any atom is 0.0389 e. The minimum absolute atomic E-state index is 0.734. The first kappa shape index (κ1) is 13.4. The Labute approximate surface area is 121 Å². The van der Waals surface area contributed by atoms with Crippen LogP contribution < -0.4 is 0 Å². The molecule has 3 heteroatoms. The highest BCUT2D eigenvalue weighted by molar-refractivity contribution is 5.10. The molecule has 0 aromatic carbocycles. The van der Waals surface area contributed by atoms with E-state index in [4.69, 9.17) is 0 Å². The summed E-state index contributed by atoms with van der Waals surface area (Å²) < 4.78 is 2.23. The van der Waals surface area contributed by atoms with Crippen LogP contribution in [0.5, 0.6) is 0 Å². The second-order valence-corrected chi connectivity index (χ2v) is 5.77. The summed E-state index contributed by atoms with van der Waals surface area (Å²) in [7, 11) is 2.14. The van der Waals surface area contributed by atoms with Crippen molar-refractivity contribution in [3.05, 3.63) is 54.1 Å². The normalized spacial score (nSPS) is 19.6. The van der Waals surface area contributed by atoms with Gasteiger partial charge < -0.3 is 4.57 Å². The van der Waals surface area contributed by atoms with E-state index in [1.807, 2.05) is 12.4 Å². The van der Waals surface area contributed by atoms with Crippen molar-refractivity contribution < 1.29 is 0 Å². The minimum atomic E-state index is 0.734. The van der Waals surface area contributed by atoms with Gasteiger partial charge in [-0.1, -0.05) is 0 Å². The van der Waals surface area contributed by atoms with Crippen molar-refractivity contribution in [1.29, 1.82) is 0 Å². The molecule has 0 spiro atoms. The molecule has 1 unspecified atom stereocenters. The molecule has 1 aliphatic rings. The van der Waals surface area contributed by atoms with Gasteiger partial charge >= 0.3 is 0 Å². The molecule has 1 fully saturated rings. The van der Waals surface area contributed by atoms with Gasteiger partial charge in [-0.05, 0) is 62.1 Å². The van der Waals surface area contributed by atoms with E-state index >= 15 is 0 Å². The van der Waals surface area contributed by atoms with Gasteiger partial charge in [0.25, 0.3) is 0 Å². The summed E-state index contributed by atoms with van der Waals surface area (Å²) in [5.41, 5.74) is 2.83. The average molecular weight is 269 g/mol. The van der Waals surface area contributed by atoms with Crippen LogP contribution in [0.1, 0.15) is 30.5 Å². The molecule has 3 heterocycles. The molecule has 2 aromatic heterocycles. The SMILES string of the molecule is Cn1cccc1CN1CCCC1CCc1ccncc1. The average Bonchev–Trinajstić information content (AvgIpc) is 3.08. The Morgan fingerprint density at radius 2 is 2.10 bits per heavy atom. The molecule has 20 heavy (non-hydrogen) atoms. The molecule has 0 aliphatic carbocycles. The van der Waals surface area contributed by atoms with Crippen molar-refractivity contribution >= 4 is 0 Å². The van der Waals surface area contributed by atoms with E-state index in [0.29, 0.717) is 0 Å². The van der Waals surface area contributed by atoms with Crippen molar-refractivity contribution in [2.75, 3.05) is 6.54 Å². The maximum atomic E-state index is 4.09. The summed E-state index contributed by atoms with van der Waals surface area (Å²) in [6.07, 6.45) is 11.0. The van der Waals surface area contributed by atoms with Gasteiger partial charge in [-0.2, -0.15) is 0 Å². The summed E-state index contributed by atoms with van der Waals surface area (Å²) in [6.45, 7) is 2.33. The second kappa shape index (κ2) is 6.23. The zero-order chi connectivity index (χ0) is 13.8. The first-order chi connectivity index (χ1) is 9.83. The van der Waals surface area contributed by atoms with E-state index in [-0.39, 0.29) is 0 Å². The summed E-state index contributed by atoms with van der Waals surface area (Å²) in [6, 6.07) is 9.38. The Bertz CT molecular complexity index is 532. The van der Waals surface area contributed by atoms with Gasteiger partial charge in [0.1, 0.15) is 0 Å². The topological polar surface area (TPSA) is 21.1 Å². The highest BCUT2D eigenvalue weighted by atomic mass is 15.2. The van der Waals surface area contributed by atoms with Crippen molar-refractivity contribution in [2.45, 2.75) is 38.3 Å². The fraction of sp³-hybridized carbons (Fsp3) is 0.471. The van der Waals surface area contributed by atoms with Gasteiger partial charge in [0.05, 0.1) is 0 Å². The van der Waals surface area contributed by atoms with Crippen molar-refractivity contribution in [2.24, 2.45) is 7.05 Å². The zero-order valence-electron chi connectivity index (χ0n) is 12.2. The maximum absolute atomic E-state index is 4.09. The fourth-order valence-corrected chi connectivity index (χ4v) is 3.18. The van der Waals surface area contributed by atoms with Crippen LogP contribution in [-0.2, 0) is 20.0 Å². The molecular weight excluding hydrogens is 246 g/mol. The number of likely N-dealkylation sites (tertiary alicyclic amines) is 1. The molecule has 0 amide bonds. The molecular formula is C17H23N3. The Kier molecular flexibility index (Phi) is 4.16. The number of hydrogen-bond donors (Lipinski definition) is 0. The number of pyridine rings is 1. The molecule has 0 radical (unpaired) electrons. The van der Waals surface area contributed by atoms with E-state index in [2.05, 4.69) is 52.0 Å². The van der Waals surface area contributed by atoms with Crippen LogP contribution in [-0.4, -0.2) is 27.0 Å². The Morgan fingerprint density at radius 1 is 1.25 bits per heavy atom. The monoisotopic (exact) mass is 269 g/mol. The Balaban J connectivity index is 1.57. The molecule has 0 saturated carbocycles. The van der Waals surface area contributed by atoms with Crippen LogP contribution in [0.2, 0.25) is 0 Å². The molecule has 106 valence electrons. The van der Waals surface area contributed by atoms with Gasteiger partial charge in [0, 0.05) is 43.9 Å². The first-order valence-corrected chi connectivity index (χ1v) is 7.56. The lowest BCUT2D eigenvalue weighted by Gasteiger charge is -2.24. The van der Waals surface area contributed by atoms with Crippen LogP contribution in [0, 0.1) is 0 Å².